The van der Waals surface area contributed by atoms with E-state index in [-0.39, 0.29) is 12.2 Å². The van der Waals surface area contributed by atoms with Crippen LogP contribution < -0.4 is 4.90 Å². The smallest absolute Gasteiger partial charge is 0.414 e. The molecule has 5 heteroatoms. The Hall–Kier alpha value is -2.84. The number of para-hydroxylation sites is 1. The molecule has 0 saturated carbocycles. The van der Waals surface area contributed by atoms with E-state index in [1.165, 1.54) is 0 Å². The summed E-state index contributed by atoms with van der Waals surface area (Å²) >= 11 is 0. The minimum Gasteiger partial charge on any atom is -0.444 e. The number of hydrogen-bond donors (Lipinski definition) is 0. The van der Waals surface area contributed by atoms with Crippen molar-refractivity contribution in [2.45, 2.75) is 25.5 Å². The zero-order chi connectivity index (χ0) is 18.6. The number of piperidine rings is 3. The van der Waals surface area contributed by atoms with Crippen molar-refractivity contribution >= 4 is 17.5 Å². The molecular weight excluding hydrogens is 338 g/mol. The summed E-state index contributed by atoms with van der Waals surface area (Å²) in [6.45, 7) is 10.6. The molecule has 1 amide bonds. The van der Waals surface area contributed by atoms with Gasteiger partial charge in [-0.1, -0.05) is 42.5 Å². The molecular formula is C22H23N3O2. The first-order valence-electron chi connectivity index (χ1n) is 9.45. The SMILES string of the molecule is [C-]#[N+]c1ccc(CN(C(=O)OC2CN3CCC2CC3)c2ccccc2)cc1. The van der Waals surface area contributed by atoms with Gasteiger partial charge in [0.2, 0.25) is 0 Å². The molecule has 138 valence electrons. The molecule has 5 nitrogen and oxygen atoms in total. The van der Waals surface area contributed by atoms with E-state index in [0.717, 1.165) is 43.7 Å². The predicted octanol–water partition coefficient (Wildman–Crippen LogP) is 4.47. The number of nitrogens with zero attached hydrogens (tertiary/aromatic N) is 3. The Labute approximate surface area is 160 Å². The van der Waals surface area contributed by atoms with E-state index >= 15 is 0 Å². The zero-order valence-electron chi connectivity index (χ0n) is 15.3. The lowest BCUT2D eigenvalue weighted by Crippen LogP contribution is -2.53. The number of fused-ring (bicyclic) bond motifs is 3. The van der Waals surface area contributed by atoms with E-state index in [1.54, 1.807) is 17.0 Å². The summed E-state index contributed by atoms with van der Waals surface area (Å²) < 4.78 is 5.96. The normalized spacial score (nSPS) is 23.4. The first kappa shape index (κ1) is 17.6. The van der Waals surface area contributed by atoms with Crippen LogP contribution in [0.2, 0.25) is 0 Å². The van der Waals surface area contributed by atoms with Gasteiger partial charge < -0.3 is 4.74 Å². The van der Waals surface area contributed by atoms with Gasteiger partial charge in [-0.05, 0) is 49.5 Å². The molecule has 1 unspecified atom stereocenters. The number of carbonyl (C=O) groups excluding carboxylic acids is 1. The van der Waals surface area contributed by atoms with Crippen molar-refractivity contribution < 1.29 is 9.53 Å². The molecule has 3 heterocycles. The van der Waals surface area contributed by atoms with E-state index < -0.39 is 0 Å². The summed E-state index contributed by atoms with van der Waals surface area (Å²) in [6, 6.07) is 17.0. The Morgan fingerprint density at radius 1 is 1.11 bits per heavy atom. The molecule has 0 aromatic heterocycles. The highest BCUT2D eigenvalue weighted by Crippen LogP contribution is 2.30. The number of rotatable bonds is 4. The highest BCUT2D eigenvalue weighted by Gasteiger charge is 2.37. The molecule has 5 rings (SSSR count). The van der Waals surface area contributed by atoms with E-state index in [1.807, 2.05) is 42.5 Å². The van der Waals surface area contributed by atoms with Gasteiger partial charge in [-0.15, -0.1) is 0 Å². The lowest BCUT2D eigenvalue weighted by atomic mass is 9.86. The number of hydrogen-bond acceptors (Lipinski definition) is 3. The van der Waals surface area contributed by atoms with Crippen LogP contribution in [0.1, 0.15) is 18.4 Å². The average Bonchev–Trinajstić information content (AvgIpc) is 2.74. The highest BCUT2D eigenvalue weighted by atomic mass is 16.6. The maximum atomic E-state index is 13.1. The second-order valence-corrected chi connectivity index (χ2v) is 7.26. The van der Waals surface area contributed by atoms with Gasteiger partial charge in [0.05, 0.1) is 13.1 Å². The Morgan fingerprint density at radius 2 is 1.81 bits per heavy atom. The van der Waals surface area contributed by atoms with E-state index in [0.29, 0.717) is 18.2 Å². The molecule has 27 heavy (non-hydrogen) atoms. The Kier molecular flexibility index (Phi) is 5.08. The molecule has 2 bridgehead atoms. The van der Waals surface area contributed by atoms with E-state index in [9.17, 15) is 4.79 Å². The molecule has 1 atom stereocenters. The monoisotopic (exact) mass is 361 g/mol. The molecule has 0 spiro atoms. The van der Waals surface area contributed by atoms with Crippen molar-refractivity contribution in [3.8, 4) is 0 Å². The molecule has 3 aliphatic rings. The van der Waals surface area contributed by atoms with Gasteiger partial charge in [0.15, 0.2) is 5.69 Å². The second kappa shape index (κ2) is 7.81. The van der Waals surface area contributed by atoms with Gasteiger partial charge in [-0.2, -0.15) is 0 Å². The van der Waals surface area contributed by atoms with Crippen LogP contribution in [0.25, 0.3) is 4.85 Å². The van der Waals surface area contributed by atoms with Crippen LogP contribution in [0, 0.1) is 12.5 Å². The van der Waals surface area contributed by atoms with Gasteiger partial charge >= 0.3 is 6.09 Å². The Bertz CT molecular complexity index is 821. The van der Waals surface area contributed by atoms with Gasteiger partial charge in [-0.25, -0.2) is 9.64 Å². The summed E-state index contributed by atoms with van der Waals surface area (Å²) in [4.78, 5) is 20.5. The van der Waals surface area contributed by atoms with Crippen molar-refractivity contribution in [2.75, 3.05) is 24.5 Å². The number of amides is 1. The first-order chi connectivity index (χ1) is 13.2. The fourth-order valence-electron chi connectivity index (χ4n) is 3.97. The summed E-state index contributed by atoms with van der Waals surface area (Å²) in [6.07, 6.45) is 1.91. The highest BCUT2D eigenvalue weighted by molar-refractivity contribution is 5.87. The van der Waals surface area contributed by atoms with Gasteiger partial charge in [0.1, 0.15) is 6.10 Å². The quantitative estimate of drug-likeness (QED) is 0.754. The van der Waals surface area contributed by atoms with Crippen LogP contribution >= 0.6 is 0 Å². The summed E-state index contributed by atoms with van der Waals surface area (Å²) in [5.74, 6) is 0.481. The third kappa shape index (κ3) is 3.96. The summed E-state index contributed by atoms with van der Waals surface area (Å²) in [5.41, 5.74) is 2.38. The molecule has 0 N–H and O–H groups in total. The standard InChI is InChI=1S/C22H23N3O2/c1-23-19-9-7-17(8-10-19)15-25(20-5-3-2-4-6-20)22(26)27-21-16-24-13-11-18(21)12-14-24/h2-10,18,21H,11-16H2. The first-order valence-corrected chi connectivity index (χ1v) is 9.45. The maximum absolute atomic E-state index is 13.1. The zero-order valence-corrected chi connectivity index (χ0v) is 15.3. The molecule has 2 aromatic rings. The van der Waals surface area contributed by atoms with Crippen molar-refractivity contribution in [2.24, 2.45) is 5.92 Å². The lowest BCUT2D eigenvalue weighted by molar-refractivity contribution is -0.0311. The van der Waals surface area contributed by atoms with Gasteiger partial charge in [-0.3, -0.25) is 9.80 Å². The molecule has 0 aliphatic carbocycles. The molecule has 3 fully saturated rings. The Balaban J connectivity index is 1.52. The van der Waals surface area contributed by atoms with Crippen LogP contribution in [0.4, 0.5) is 16.2 Å². The minimum absolute atomic E-state index is 0.0179. The molecule has 2 aromatic carbocycles. The minimum atomic E-state index is -0.297. The second-order valence-electron chi connectivity index (χ2n) is 7.26. The number of anilines is 1. The van der Waals surface area contributed by atoms with Crippen molar-refractivity contribution in [1.29, 1.82) is 0 Å². The average molecular weight is 361 g/mol. The number of carbonyl (C=O) groups is 1. The van der Waals surface area contributed by atoms with E-state index in [2.05, 4.69) is 9.74 Å². The predicted molar refractivity (Wildman–Crippen MR) is 105 cm³/mol. The third-order valence-electron chi connectivity index (χ3n) is 5.54. The third-order valence-corrected chi connectivity index (χ3v) is 5.54. The van der Waals surface area contributed by atoms with Crippen molar-refractivity contribution in [3.63, 3.8) is 0 Å². The lowest BCUT2D eigenvalue weighted by Gasteiger charge is -2.44. The van der Waals surface area contributed by atoms with Crippen LogP contribution in [-0.2, 0) is 11.3 Å². The van der Waals surface area contributed by atoms with Crippen LogP contribution in [0.5, 0.6) is 0 Å². The van der Waals surface area contributed by atoms with Crippen LogP contribution in [-0.4, -0.2) is 36.7 Å². The largest absolute Gasteiger partial charge is 0.444 e. The van der Waals surface area contributed by atoms with Crippen molar-refractivity contribution in [3.05, 3.63) is 71.6 Å². The van der Waals surface area contributed by atoms with Gasteiger partial charge in [0, 0.05) is 12.2 Å². The van der Waals surface area contributed by atoms with Crippen LogP contribution in [0.15, 0.2) is 54.6 Å². The van der Waals surface area contributed by atoms with Crippen molar-refractivity contribution in [1.82, 2.24) is 4.90 Å². The fraction of sp³-hybridized carbons (Fsp3) is 0.364. The summed E-state index contributed by atoms with van der Waals surface area (Å²) in [5, 5.41) is 0. The van der Waals surface area contributed by atoms with Crippen LogP contribution in [0.3, 0.4) is 0 Å². The van der Waals surface area contributed by atoms with Gasteiger partial charge in [0.25, 0.3) is 0 Å². The van der Waals surface area contributed by atoms with E-state index in [4.69, 9.17) is 11.3 Å². The Morgan fingerprint density at radius 3 is 2.41 bits per heavy atom. The number of benzene rings is 2. The molecule has 0 radical (unpaired) electrons. The molecule has 3 saturated heterocycles. The fourth-order valence-corrected chi connectivity index (χ4v) is 3.97. The number of ether oxygens (including phenoxy) is 1. The maximum Gasteiger partial charge on any atom is 0.414 e. The summed E-state index contributed by atoms with van der Waals surface area (Å²) in [7, 11) is 0. The topological polar surface area (TPSA) is 37.1 Å². The molecule has 3 aliphatic heterocycles.